The first kappa shape index (κ1) is 7.06. The van der Waals surface area contributed by atoms with Crippen LogP contribution in [0.5, 0.6) is 0 Å². The van der Waals surface area contributed by atoms with Gasteiger partial charge in [-0.25, -0.2) is 0 Å². The predicted octanol–water partition coefficient (Wildman–Crippen LogP) is -0.845. The van der Waals surface area contributed by atoms with Gasteiger partial charge in [-0.2, -0.15) is 0 Å². The van der Waals surface area contributed by atoms with Crippen molar-refractivity contribution in [3.05, 3.63) is 0 Å². The number of amides is 1. The Balaban J connectivity index is 1.97. The highest BCUT2D eigenvalue weighted by Gasteiger charge is 2.43. The summed E-state index contributed by atoms with van der Waals surface area (Å²) in [5.41, 5.74) is -0.185. The van der Waals surface area contributed by atoms with Crippen LogP contribution < -0.4 is 0 Å². The van der Waals surface area contributed by atoms with Gasteiger partial charge in [0.1, 0.15) is 5.60 Å². The minimum atomic E-state index is -0.185. The molecule has 0 unspecified atom stereocenters. The topological polar surface area (TPSA) is 38.8 Å². The van der Waals surface area contributed by atoms with Crippen LogP contribution in [0.15, 0.2) is 0 Å². The van der Waals surface area contributed by atoms with Crippen molar-refractivity contribution in [2.24, 2.45) is 0 Å². The monoisotopic (exact) mass is 156 g/mol. The first-order valence-corrected chi connectivity index (χ1v) is 3.69. The van der Waals surface area contributed by atoms with E-state index in [0.29, 0.717) is 32.9 Å². The summed E-state index contributed by atoms with van der Waals surface area (Å²) in [6, 6.07) is 0. The van der Waals surface area contributed by atoms with Crippen LogP contribution >= 0.6 is 0 Å². The first-order valence-electron chi connectivity index (χ1n) is 3.69. The molecule has 0 atom stereocenters. The fourth-order valence-corrected chi connectivity index (χ4v) is 1.43. The lowest BCUT2D eigenvalue weighted by molar-refractivity contribution is -0.230. The van der Waals surface area contributed by atoms with Gasteiger partial charge >= 0.3 is 6.41 Å². The number of rotatable bonds is 1. The van der Waals surface area contributed by atoms with E-state index in [1.54, 1.807) is 4.90 Å². The van der Waals surface area contributed by atoms with Crippen LogP contribution in [-0.2, 0) is 14.3 Å². The second kappa shape index (κ2) is 2.46. The van der Waals surface area contributed by atoms with Gasteiger partial charge in [-0.15, -0.1) is 0 Å². The molecule has 2 aliphatic rings. The molecule has 61 valence electrons. The second-order valence-electron chi connectivity index (χ2n) is 3.04. The minimum Gasteiger partial charge on any atom is -0.375 e. The molecule has 1 amide bonds. The highest BCUT2D eigenvalue weighted by Crippen LogP contribution is 2.25. The third-order valence-corrected chi connectivity index (χ3v) is 2.11. The summed E-state index contributed by atoms with van der Waals surface area (Å²) >= 11 is 0. The predicted molar refractivity (Wildman–Crippen MR) is 36.8 cm³/mol. The average Bonchev–Trinajstić information content (AvgIpc) is 2.02. The lowest BCUT2D eigenvalue weighted by atomic mass is 10.0. The van der Waals surface area contributed by atoms with Crippen LogP contribution in [0.4, 0.5) is 0 Å². The summed E-state index contributed by atoms with van der Waals surface area (Å²) < 4.78 is 10.5. The summed E-state index contributed by atoms with van der Waals surface area (Å²) in [5, 5.41) is 0. The molecule has 2 aliphatic heterocycles. The molecule has 0 bridgehead atoms. The molecule has 1 radical (unpaired) electrons. The van der Waals surface area contributed by atoms with Crippen LogP contribution in [0, 0.1) is 0 Å². The molecule has 0 aromatic rings. The van der Waals surface area contributed by atoms with Crippen molar-refractivity contribution in [3.63, 3.8) is 0 Å². The summed E-state index contributed by atoms with van der Waals surface area (Å²) in [4.78, 5) is 11.9. The molecule has 11 heavy (non-hydrogen) atoms. The molecule has 0 aliphatic carbocycles. The number of hydrogen-bond donors (Lipinski definition) is 0. The van der Waals surface area contributed by atoms with E-state index in [9.17, 15) is 4.79 Å². The highest BCUT2D eigenvalue weighted by molar-refractivity contribution is 5.48. The molecule has 2 heterocycles. The molecule has 0 aromatic heterocycles. The average molecular weight is 156 g/mol. The van der Waals surface area contributed by atoms with E-state index in [1.807, 2.05) is 6.41 Å². The SMILES string of the molecule is O=[C]N1CCOC2(COC2)C1. The lowest BCUT2D eigenvalue weighted by Crippen LogP contribution is -2.62. The number of nitrogens with zero attached hydrogens (tertiary/aromatic N) is 1. The summed E-state index contributed by atoms with van der Waals surface area (Å²) in [6.07, 6.45) is 1.88. The smallest absolute Gasteiger partial charge is 0.312 e. The van der Waals surface area contributed by atoms with Crippen LogP contribution in [0.25, 0.3) is 0 Å². The van der Waals surface area contributed by atoms with Crippen molar-refractivity contribution in [2.45, 2.75) is 5.60 Å². The molecule has 4 heteroatoms. The summed E-state index contributed by atoms with van der Waals surface area (Å²) in [6.45, 7) is 3.14. The van der Waals surface area contributed by atoms with Crippen molar-refractivity contribution < 1.29 is 14.3 Å². The van der Waals surface area contributed by atoms with Crippen molar-refractivity contribution >= 4 is 6.41 Å². The standard InChI is InChI=1S/C7H10NO3/c9-6-8-1-2-11-7(3-8)4-10-5-7/h1-5H2. The molecule has 2 saturated heterocycles. The first-order chi connectivity index (χ1) is 5.35. The Bertz CT molecular complexity index is 167. The minimum absolute atomic E-state index is 0.185. The zero-order chi connectivity index (χ0) is 7.73. The van der Waals surface area contributed by atoms with Gasteiger partial charge in [0.2, 0.25) is 0 Å². The normalized spacial score (nSPS) is 28.2. The third-order valence-electron chi connectivity index (χ3n) is 2.11. The van der Waals surface area contributed by atoms with Crippen molar-refractivity contribution in [1.29, 1.82) is 0 Å². The van der Waals surface area contributed by atoms with Gasteiger partial charge in [0, 0.05) is 6.54 Å². The van der Waals surface area contributed by atoms with Gasteiger partial charge in [0.15, 0.2) is 0 Å². The number of ether oxygens (including phenoxy) is 2. The van der Waals surface area contributed by atoms with Crippen molar-refractivity contribution in [1.82, 2.24) is 4.90 Å². The quantitative estimate of drug-likeness (QED) is 0.496. The molecular weight excluding hydrogens is 146 g/mol. The van der Waals surface area contributed by atoms with Crippen LogP contribution in [0.2, 0.25) is 0 Å². The Hall–Kier alpha value is -0.610. The van der Waals surface area contributed by atoms with Crippen LogP contribution in [-0.4, -0.2) is 49.8 Å². The van der Waals surface area contributed by atoms with Gasteiger partial charge < -0.3 is 14.4 Å². The molecule has 2 rings (SSSR count). The molecule has 2 fully saturated rings. The van der Waals surface area contributed by atoms with Gasteiger partial charge in [-0.3, -0.25) is 4.79 Å². The molecule has 0 N–H and O–H groups in total. The van der Waals surface area contributed by atoms with E-state index in [-0.39, 0.29) is 5.60 Å². The fourth-order valence-electron chi connectivity index (χ4n) is 1.43. The van der Waals surface area contributed by atoms with Gasteiger partial charge in [-0.1, -0.05) is 0 Å². The van der Waals surface area contributed by atoms with E-state index in [1.165, 1.54) is 0 Å². The highest BCUT2D eigenvalue weighted by atomic mass is 16.6. The van der Waals surface area contributed by atoms with E-state index in [2.05, 4.69) is 0 Å². The molecule has 1 spiro atoms. The van der Waals surface area contributed by atoms with Gasteiger partial charge in [0.05, 0.1) is 26.4 Å². The third kappa shape index (κ3) is 1.12. The van der Waals surface area contributed by atoms with E-state index in [4.69, 9.17) is 9.47 Å². The molecule has 0 aromatic carbocycles. The number of hydrogen-bond acceptors (Lipinski definition) is 3. The number of carbonyl (C=O) groups excluding carboxylic acids is 1. The second-order valence-corrected chi connectivity index (χ2v) is 3.04. The Morgan fingerprint density at radius 2 is 2.27 bits per heavy atom. The fraction of sp³-hybridized carbons (Fsp3) is 0.857. The van der Waals surface area contributed by atoms with Crippen molar-refractivity contribution in [2.75, 3.05) is 32.9 Å². The zero-order valence-corrected chi connectivity index (χ0v) is 6.21. The Morgan fingerprint density at radius 3 is 2.82 bits per heavy atom. The summed E-state index contributed by atoms with van der Waals surface area (Å²) in [7, 11) is 0. The molecule has 4 nitrogen and oxygen atoms in total. The van der Waals surface area contributed by atoms with Gasteiger partial charge in [-0.05, 0) is 0 Å². The van der Waals surface area contributed by atoms with Gasteiger partial charge in [0.25, 0.3) is 0 Å². The van der Waals surface area contributed by atoms with E-state index < -0.39 is 0 Å². The Morgan fingerprint density at radius 1 is 1.45 bits per heavy atom. The Labute approximate surface area is 65.1 Å². The van der Waals surface area contributed by atoms with E-state index in [0.717, 1.165) is 0 Å². The molecular formula is C7H10NO3. The van der Waals surface area contributed by atoms with Crippen LogP contribution in [0.3, 0.4) is 0 Å². The zero-order valence-electron chi connectivity index (χ0n) is 6.21. The van der Waals surface area contributed by atoms with E-state index >= 15 is 0 Å². The Kier molecular flexibility index (Phi) is 1.58. The number of morpholine rings is 1. The summed E-state index contributed by atoms with van der Waals surface area (Å²) in [5.74, 6) is 0. The molecule has 0 saturated carbocycles. The van der Waals surface area contributed by atoms with Crippen LogP contribution in [0.1, 0.15) is 0 Å². The maximum Gasteiger partial charge on any atom is 0.312 e. The lowest BCUT2D eigenvalue weighted by Gasteiger charge is -2.46. The maximum atomic E-state index is 10.3. The largest absolute Gasteiger partial charge is 0.375 e. The van der Waals surface area contributed by atoms with Crippen molar-refractivity contribution in [3.8, 4) is 0 Å². The maximum absolute atomic E-state index is 10.3.